The highest BCUT2D eigenvalue weighted by molar-refractivity contribution is 9.10. The van der Waals surface area contributed by atoms with Crippen LogP contribution in [0.4, 0.5) is 0 Å². The molecule has 0 bridgehead atoms. The van der Waals surface area contributed by atoms with E-state index in [4.69, 9.17) is 4.52 Å². The molecule has 0 aliphatic heterocycles. The van der Waals surface area contributed by atoms with E-state index in [0.29, 0.717) is 24.1 Å². The van der Waals surface area contributed by atoms with Gasteiger partial charge in [-0.3, -0.25) is 4.79 Å². The highest BCUT2D eigenvalue weighted by Crippen LogP contribution is 2.35. The van der Waals surface area contributed by atoms with Crippen molar-refractivity contribution in [2.24, 2.45) is 0 Å². The van der Waals surface area contributed by atoms with E-state index in [0.717, 1.165) is 15.8 Å². The second-order valence-corrected chi connectivity index (χ2v) is 4.59. The Balaban J connectivity index is 2.22. The van der Waals surface area contributed by atoms with E-state index in [1.54, 1.807) is 0 Å². The van der Waals surface area contributed by atoms with Gasteiger partial charge in [0.1, 0.15) is 11.5 Å². The number of ketones is 1. The Hall–Kier alpha value is -1.42. The topological polar surface area (TPSA) is 43.1 Å². The number of carbonyl (C=O) groups excluding carboxylic acids is 1. The fourth-order valence-corrected chi connectivity index (χ4v) is 2.44. The van der Waals surface area contributed by atoms with Crippen LogP contribution < -0.4 is 0 Å². The van der Waals surface area contributed by atoms with Crippen LogP contribution in [-0.4, -0.2) is 10.9 Å². The van der Waals surface area contributed by atoms with Gasteiger partial charge in [-0.1, -0.05) is 39.3 Å². The van der Waals surface area contributed by atoms with E-state index in [-0.39, 0.29) is 5.78 Å². The Labute approximate surface area is 101 Å². The minimum atomic E-state index is 0.127. The van der Waals surface area contributed by atoms with Gasteiger partial charge in [0.15, 0.2) is 5.78 Å². The van der Waals surface area contributed by atoms with Gasteiger partial charge in [-0.15, -0.1) is 0 Å². The Kier molecular flexibility index (Phi) is 2.17. The summed E-state index contributed by atoms with van der Waals surface area (Å²) in [6.07, 6.45) is 1.21. The van der Waals surface area contributed by atoms with Crippen molar-refractivity contribution >= 4 is 21.7 Å². The van der Waals surface area contributed by atoms with E-state index >= 15 is 0 Å². The maximum Gasteiger partial charge on any atom is 0.169 e. The van der Waals surface area contributed by atoms with Crippen molar-refractivity contribution in [2.75, 3.05) is 0 Å². The maximum atomic E-state index is 11.7. The van der Waals surface area contributed by atoms with Gasteiger partial charge in [-0.2, -0.15) is 0 Å². The molecule has 0 N–H and O–H groups in total. The van der Waals surface area contributed by atoms with Crippen LogP contribution in [0.1, 0.15) is 22.5 Å². The summed E-state index contributed by atoms with van der Waals surface area (Å²) in [6.45, 7) is 0. The minimum Gasteiger partial charge on any atom is -0.360 e. The monoisotopic (exact) mass is 277 g/mol. The van der Waals surface area contributed by atoms with Crippen LogP contribution in [-0.2, 0) is 6.42 Å². The molecule has 1 heterocycles. The average Bonchev–Trinajstić information content (AvgIpc) is 2.83. The van der Waals surface area contributed by atoms with Crippen molar-refractivity contribution < 1.29 is 9.32 Å². The van der Waals surface area contributed by atoms with Gasteiger partial charge in [0.05, 0.1) is 5.56 Å². The summed E-state index contributed by atoms with van der Waals surface area (Å²) in [4.78, 5) is 11.7. The summed E-state index contributed by atoms with van der Waals surface area (Å²) >= 11 is 3.45. The number of benzene rings is 1. The molecule has 0 atom stereocenters. The first kappa shape index (κ1) is 9.78. The largest absolute Gasteiger partial charge is 0.360 e. The van der Waals surface area contributed by atoms with E-state index in [1.165, 1.54) is 0 Å². The molecule has 16 heavy (non-hydrogen) atoms. The smallest absolute Gasteiger partial charge is 0.169 e. The third-order valence-electron chi connectivity index (χ3n) is 2.75. The summed E-state index contributed by atoms with van der Waals surface area (Å²) in [6, 6.07) is 7.69. The second kappa shape index (κ2) is 3.56. The lowest BCUT2D eigenvalue weighted by Gasteiger charge is -2.00. The third kappa shape index (κ3) is 1.33. The van der Waals surface area contributed by atoms with Crippen molar-refractivity contribution in [1.29, 1.82) is 0 Å². The number of nitrogens with zero attached hydrogens (tertiary/aromatic N) is 1. The molecule has 0 spiro atoms. The van der Waals surface area contributed by atoms with E-state index < -0.39 is 0 Å². The van der Waals surface area contributed by atoms with Gasteiger partial charge in [0.25, 0.3) is 0 Å². The molecule has 3 rings (SSSR count). The van der Waals surface area contributed by atoms with Gasteiger partial charge < -0.3 is 4.52 Å². The van der Waals surface area contributed by atoms with Crippen molar-refractivity contribution in [3.63, 3.8) is 0 Å². The van der Waals surface area contributed by atoms with Crippen LogP contribution in [0.3, 0.4) is 0 Å². The molecule has 80 valence electrons. The van der Waals surface area contributed by atoms with Crippen LogP contribution in [0.15, 0.2) is 33.3 Å². The molecule has 0 unspecified atom stereocenters. The fraction of sp³-hybridized carbons (Fsp3) is 0.167. The van der Waals surface area contributed by atoms with Crippen LogP contribution in [0.2, 0.25) is 0 Å². The first-order valence-corrected chi connectivity index (χ1v) is 5.83. The molecule has 4 heteroatoms. The zero-order valence-electron chi connectivity index (χ0n) is 8.37. The molecular formula is C12H8BrNO2. The minimum absolute atomic E-state index is 0.127. The number of aromatic nitrogens is 1. The molecule has 0 saturated carbocycles. The number of hydrogen-bond acceptors (Lipinski definition) is 3. The molecule has 1 aromatic heterocycles. The van der Waals surface area contributed by atoms with Crippen LogP contribution in [0.5, 0.6) is 0 Å². The molecule has 0 amide bonds. The predicted octanol–water partition coefficient (Wildman–Crippen LogP) is 3.23. The Morgan fingerprint density at radius 2 is 2.06 bits per heavy atom. The fourth-order valence-electron chi connectivity index (χ4n) is 1.97. The summed E-state index contributed by atoms with van der Waals surface area (Å²) < 4.78 is 6.12. The normalized spacial score (nSPS) is 14.2. The highest BCUT2D eigenvalue weighted by atomic mass is 79.9. The van der Waals surface area contributed by atoms with Crippen molar-refractivity contribution in [1.82, 2.24) is 5.16 Å². The van der Waals surface area contributed by atoms with E-state index in [1.807, 2.05) is 24.3 Å². The Morgan fingerprint density at radius 1 is 1.25 bits per heavy atom. The average molecular weight is 278 g/mol. The van der Waals surface area contributed by atoms with Crippen LogP contribution in [0.25, 0.3) is 11.3 Å². The first-order valence-electron chi connectivity index (χ1n) is 5.04. The quantitative estimate of drug-likeness (QED) is 0.804. The lowest BCUT2D eigenvalue weighted by Crippen LogP contribution is -1.94. The highest BCUT2D eigenvalue weighted by Gasteiger charge is 2.29. The van der Waals surface area contributed by atoms with E-state index in [2.05, 4.69) is 21.1 Å². The Morgan fingerprint density at radius 3 is 2.88 bits per heavy atom. The molecule has 0 radical (unpaired) electrons. The molecule has 0 fully saturated rings. The second-order valence-electron chi connectivity index (χ2n) is 3.73. The molecule has 1 aliphatic carbocycles. The van der Waals surface area contributed by atoms with Gasteiger partial charge in [0.2, 0.25) is 0 Å². The van der Waals surface area contributed by atoms with Gasteiger partial charge >= 0.3 is 0 Å². The van der Waals surface area contributed by atoms with Crippen molar-refractivity contribution in [3.8, 4) is 11.3 Å². The molecule has 2 aromatic rings. The number of rotatable bonds is 1. The molecule has 1 aromatic carbocycles. The van der Waals surface area contributed by atoms with Crippen molar-refractivity contribution in [3.05, 3.63) is 40.1 Å². The molecule has 0 saturated heterocycles. The zero-order chi connectivity index (χ0) is 11.1. The zero-order valence-corrected chi connectivity index (χ0v) is 9.95. The number of carbonyl (C=O) groups is 1. The number of fused-ring (bicyclic) bond motifs is 1. The third-order valence-corrected chi connectivity index (χ3v) is 3.44. The SMILES string of the molecule is O=C1CCc2onc(-c3ccccc3Br)c21. The lowest BCUT2D eigenvalue weighted by atomic mass is 10.1. The summed E-state index contributed by atoms with van der Waals surface area (Å²) in [5.41, 5.74) is 2.22. The maximum absolute atomic E-state index is 11.7. The first-order chi connectivity index (χ1) is 7.77. The summed E-state index contributed by atoms with van der Waals surface area (Å²) in [7, 11) is 0. The van der Waals surface area contributed by atoms with Gasteiger partial charge in [-0.05, 0) is 6.07 Å². The van der Waals surface area contributed by atoms with Crippen molar-refractivity contribution in [2.45, 2.75) is 12.8 Å². The number of aryl methyl sites for hydroxylation is 1. The molecule has 3 nitrogen and oxygen atoms in total. The number of Topliss-reactive ketones (excluding diaryl/α,β-unsaturated/α-hetero) is 1. The molecular weight excluding hydrogens is 270 g/mol. The van der Waals surface area contributed by atoms with Gasteiger partial charge in [-0.25, -0.2) is 0 Å². The summed E-state index contributed by atoms with van der Waals surface area (Å²) in [5.74, 6) is 0.845. The number of hydrogen-bond donors (Lipinski definition) is 0. The van der Waals surface area contributed by atoms with Crippen LogP contribution >= 0.6 is 15.9 Å². The predicted molar refractivity (Wildman–Crippen MR) is 62.3 cm³/mol. The van der Waals surface area contributed by atoms with Gasteiger partial charge in [0, 0.05) is 22.9 Å². The van der Waals surface area contributed by atoms with E-state index in [9.17, 15) is 4.79 Å². The molecule has 1 aliphatic rings. The summed E-state index contributed by atoms with van der Waals surface area (Å²) in [5, 5.41) is 3.99. The Bertz CT molecular complexity index is 574. The lowest BCUT2D eigenvalue weighted by molar-refractivity contribution is 0.0995. The standard InChI is InChI=1S/C12H8BrNO2/c13-8-4-2-1-3-7(8)12-11-9(15)5-6-10(11)16-14-12/h1-4H,5-6H2. The van der Waals surface area contributed by atoms with Crippen LogP contribution in [0, 0.1) is 0 Å². The number of halogens is 1.